The molecule has 0 amide bonds. The lowest BCUT2D eigenvalue weighted by atomic mass is 10.1. The quantitative estimate of drug-likeness (QED) is 0.779. The Labute approximate surface area is 126 Å². The fourth-order valence-electron chi connectivity index (χ4n) is 1.69. The Morgan fingerprint density at radius 1 is 1.29 bits per heavy atom. The molecule has 0 bridgehead atoms. The molecule has 0 radical (unpaired) electrons. The van der Waals surface area contributed by atoms with Crippen molar-refractivity contribution in [2.45, 2.75) is 58.2 Å². The molecule has 0 saturated carbocycles. The van der Waals surface area contributed by atoms with Crippen molar-refractivity contribution in [1.29, 1.82) is 0 Å². The van der Waals surface area contributed by atoms with Gasteiger partial charge < -0.3 is 20.3 Å². The Bertz CT molecular complexity index is 441. The van der Waals surface area contributed by atoms with E-state index in [1.54, 1.807) is 27.7 Å². The predicted molar refractivity (Wildman–Crippen MR) is 80.5 cm³/mol. The molecule has 1 unspecified atom stereocenters. The average molecular weight is 295 g/mol. The van der Waals surface area contributed by atoms with Crippen molar-refractivity contribution in [2.24, 2.45) is 5.73 Å². The van der Waals surface area contributed by atoms with Crippen LogP contribution in [-0.4, -0.2) is 34.9 Å². The van der Waals surface area contributed by atoms with Gasteiger partial charge in [0.05, 0.1) is 18.8 Å². The Balaban J connectivity index is 2.49. The zero-order valence-corrected chi connectivity index (χ0v) is 13.1. The third kappa shape index (κ3) is 6.25. The molecule has 21 heavy (non-hydrogen) atoms. The lowest BCUT2D eigenvalue weighted by molar-refractivity contribution is -0.168. The van der Waals surface area contributed by atoms with Crippen LogP contribution in [0, 0.1) is 0 Å². The summed E-state index contributed by atoms with van der Waals surface area (Å²) in [6.07, 6.45) is -1.89. The number of aliphatic hydroxyl groups is 1. The van der Waals surface area contributed by atoms with Crippen molar-refractivity contribution in [2.75, 3.05) is 0 Å². The number of aliphatic hydroxyl groups excluding tert-OH is 1. The van der Waals surface area contributed by atoms with Gasteiger partial charge in [-0.2, -0.15) is 0 Å². The summed E-state index contributed by atoms with van der Waals surface area (Å²) in [4.78, 5) is 11.8. The van der Waals surface area contributed by atoms with Crippen LogP contribution in [0.2, 0.25) is 0 Å². The molecule has 1 rings (SSSR count). The molecule has 1 aromatic rings. The van der Waals surface area contributed by atoms with E-state index in [1.165, 1.54) is 0 Å². The number of hydrogen-bond acceptors (Lipinski definition) is 5. The SMILES string of the molecule is C[C@@H](OCc1ccccc1)[C@H](N)C(O)C(=O)OC(C)(C)C. The second kappa shape index (κ2) is 7.54. The van der Waals surface area contributed by atoms with Crippen LogP contribution in [-0.2, 0) is 20.9 Å². The van der Waals surface area contributed by atoms with E-state index in [2.05, 4.69) is 0 Å². The molecule has 118 valence electrons. The lowest BCUT2D eigenvalue weighted by Crippen LogP contribution is -2.50. The number of carbonyl (C=O) groups is 1. The van der Waals surface area contributed by atoms with Crippen molar-refractivity contribution in [1.82, 2.24) is 0 Å². The second-order valence-corrected chi connectivity index (χ2v) is 6.06. The summed E-state index contributed by atoms with van der Waals surface area (Å²) in [5, 5.41) is 9.94. The summed E-state index contributed by atoms with van der Waals surface area (Å²) < 4.78 is 10.7. The summed E-state index contributed by atoms with van der Waals surface area (Å²) in [7, 11) is 0. The highest BCUT2D eigenvalue weighted by Gasteiger charge is 2.31. The van der Waals surface area contributed by atoms with Crippen LogP contribution < -0.4 is 5.73 Å². The van der Waals surface area contributed by atoms with Gasteiger partial charge in [0.1, 0.15) is 5.60 Å². The highest BCUT2D eigenvalue weighted by Crippen LogP contribution is 2.12. The molecule has 0 saturated heterocycles. The first kappa shape index (κ1) is 17.6. The smallest absolute Gasteiger partial charge is 0.337 e. The van der Waals surface area contributed by atoms with Gasteiger partial charge in [0.15, 0.2) is 6.10 Å². The fourth-order valence-corrected chi connectivity index (χ4v) is 1.69. The minimum atomic E-state index is -1.41. The number of nitrogens with two attached hydrogens (primary N) is 1. The summed E-state index contributed by atoms with van der Waals surface area (Å²) >= 11 is 0. The van der Waals surface area contributed by atoms with E-state index in [0.29, 0.717) is 6.61 Å². The predicted octanol–water partition coefficient (Wildman–Crippen LogP) is 1.62. The monoisotopic (exact) mass is 295 g/mol. The maximum Gasteiger partial charge on any atom is 0.337 e. The van der Waals surface area contributed by atoms with Gasteiger partial charge in [-0.1, -0.05) is 30.3 Å². The molecule has 0 fully saturated rings. The molecule has 3 N–H and O–H groups in total. The van der Waals surface area contributed by atoms with Gasteiger partial charge in [0.25, 0.3) is 0 Å². The molecule has 0 aliphatic carbocycles. The average Bonchev–Trinajstić information content (AvgIpc) is 2.42. The van der Waals surface area contributed by atoms with Crippen LogP contribution in [0.5, 0.6) is 0 Å². The zero-order chi connectivity index (χ0) is 16.0. The summed E-state index contributed by atoms with van der Waals surface area (Å²) in [6, 6.07) is 8.77. The first-order chi connectivity index (χ1) is 9.70. The van der Waals surface area contributed by atoms with Gasteiger partial charge in [-0.3, -0.25) is 0 Å². The fraction of sp³-hybridized carbons (Fsp3) is 0.562. The van der Waals surface area contributed by atoms with Crippen LogP contribution in [0.15, 0.2) is 30.3 Å². The van der Waals surface area contributed by atoms with Crippen molar-refractivity contribution >= 4 is 5.97 Å². The number of esters is 1. The van der Waals surface area contributed by atoms with Gasteiger partial charge in [-0.25, -0.2) is 4.79 Å². The molecule has 0 spiro atoms. The highest BCUT2D eigenvalue weighted by atomic mass is 16.6. The molecule has 5 heteroatoms. The standard InChI is InChI=1S/C16H25NO4/c1-11(20-10-12-8-6-5-7-9-12)13(17)14(18)15(19)21-16(2,3)4/h5-9,11,13-14,18H,10,17H2,1-4H3/t11-,13+,14?/m1/s1. The van der Waals surface area contributed by atoms with Gasteiger partial charge in [0.2, 0.25) is 0 Å². The lowest BCUT2D eigenvalue weighted by Gasteiger charge is -2.27. The Kier molecular flexibility index (Phi) is 6.33. The molecular weight excluding hydrogens is 270 g/mol. The van der Waals surface area contributed by atoms with Gasteiger partial charge in [0, 0.05) is 0 Å². The number of rotatable bonds is 6. The number of carbonyl (C=O) groups excluding carboxylic acids is 1. The minimum Gasteiger partial charge on any atom is -0.458 e. The van der Waals surface area contributed by atoms with Crippen LogP contribution in [0.1, 0.15) is 33.3 Å². The first-order valence-corrected chi connectivity index (χ1v) is 7.03. The van der Waals surface area contributed by atoms with E-state index in [9.17, 15) is 9.90 Å². The number of benzene rings is 1. The van der Waals surface area contributed by atoms with Crippen molar-refractivity contribution in [3.8, 4) is 0 Å². The normalized spacial score (nSPS) is 16.1. The molecule has 0 aliphatic heterocycles. The van der Waals surface area contributed by atoms with Crippen LogP contribution in [0.25, 0.3) is 0 Å². The third-order valence-corrected chi connectivity index (χ3v) is 2.91. The minimum absolute atomic E-state index is 0.372. The highest BCUT2D eigenvalue weighted by molar-refractivity contribution is 5.75. The van der Waals surface area contributed by atoms with E-state index in [4.69, 9.17) is 15.2 Å². The van der Waals surface area contributed by atoms with E-state index in [0.717, 1.165) is 5.56 Å². The van der Waals surface area contributed by atoms with Gasteiger partial charge in [-0.15, -0.1) is 0 Å². The van der Waals surface area contributed by atoms with Crippen LogP contribution in [0.4, 0.5) is 0 Å². The topological polar surface area (TPSA) is 81.8 Å². The summed E-state index contributed by atoms with van der Waals surface area (Å²) in [5.74, 6) is -0.731. The number of ether oxygens (including phenoxy) is 2. The number of hydrogen-bond donors (Lipinski definition) is 2. The van der Waals surface area contributed by atoms with Crippen molar-refractivity contribution < 1.29 is 19.4 Å². The van der Waals surface area contributed by atoms with Crippen molar-refractivity contribution in [3.63, 3.8) is 0 Å². The van der Waals surface area contributed by atoms with E-state index < -0.39 is 29.8 Å². The first-order valence-electron chi connectivity index (χ1n) is 7.03. The van der Waals surface area contributed by atoms with Crippen LogP contribution in [0.3, 0.4) is 0 Å². The van der Waals surface area contributed by atoms with Crippen molar-refractivity contribution in [3.05, 3.63) is 35.9 Å². The summed E-state index contributed by atoms with van der Waals surface area (Å²) in [5.41, 5.74) is 6.21. The maximum atomic E-state index is 11.8. The van der Waals surface area contributed by atoms with E-state index in [-0.39, 0.29) is 0 Å². The maximum absolute atomic E-state index is 11.8. The molecule has 0 aliphatic rings. The van der Waals surface area contributed by atoms with E-state index >= 15 is 0 Å². The Morgan fingerprint density at radius 2 is 1.86 bits per heavy atom. The molecule has 1 aromatic carbocycles. The third-order valence-electron chi connectivity index (χ3n) is 2.91. The molecule has 0 heterocycles. The van der Waals surface area contributed by atoms with Gasteiger partial charge in [-0.05, 0) is 33.3 Å². The molecule has 0 aromatic heterocycles. The molecule has 3 atom stereocenters. The Morgan fingerprint density at radius 3 is 2.38 bits per heavy atom. The zero-order valence-electron chi connectivity index (χ0n) is 13.1. The largest absolute Gasteiger partial charge is 0.458 e. The Hall–Kier alpha value is -1.43. The van der Waals surface area contributed by atoms with Crippen LogP contribution >= 0.6 is 0 Å². The molecular formula is C16H25NO4. The summed E-state index contributed by atoms with van der Waals surface area (Å²) in [6.45, 7) is 7.30. The molecule has 5 nitrogen and oxygen atoms in total. The second-order valence-electron chi connectivity index (χ2n) is 6.06. The van der Waals surface area contributed by atoms with Gasteiger partial charge >= 0.3 is 5.97 Å². The van der Waals surface area contributed by atoms with E-state index in [1.807, 2.05) is 30.3 Å².